The number of allylic oxidation sites excluding steroid dienone is 10. The Balaban J connectivity index is 2.03. The Morgan fingerprint density at radius 1 is 0.939 bits per heavy atom. The van der Waals surface area contributed by atoms with Crippen molar-refractivity contribution in [3.63, 3.8) is 0 Å². The van der Waals surface area contributed by atoms with E-state index in [-0.39, 0.29) is 6.42 Å². The molecule has 0 aromatic carbocycles. The van der Waals surface area contributed by atoms with E-state index in [1.165, 1.54) is 0 Å². The Hall–Kier alpha value is -2.77. The molecular weight excluding hydrogens is 424 g/mol. The molecule has 1 fully saturated rings. The molecule has 0 radical (unpaired) electrons. The second kappa shape index (κ2) is 17.7. The Morgan fingerprint density at radius 3 is 1.94 bits per heavy atom. The molecule has 1 heterocycles. The number of cyclic esters (lactones) is 1. The van der Waals surface area contributed by atoms with Gasteiger partial charge < -0.3 is 19.7 Å². The monoisotopic (exact) mass is 460 g/mol. The molecule has 1 aliphatic rings. The summed E-state index contributed by atoms with van der Waals surface area (Å²) in [6.07, 6.45) is 22.6. The first-order valence-corrected chi connectivity index (χ1v) is 11.5. The molecule has 0 aromatic heterocycles. The van der Waals surface area contributed by atoms with Crippen LogP contribution < -0.4 is 0 Å². The summed E-state index contributed by atoms with van der Waals surface area (Å²) in [5.74, 6) is -2.55. The lowest BCUT2D eigenvalue weighted by molar-refractivity contribution is -0.156. The highest BCUT2D eigenvalue weighted by atomic mass is 16.6. The fourth-order valence-corrected chi connectivity index (χ4v) is 2.86. The van der Waals surface area contributed by atoms with E-state index in [4.69, 9.17) is 4.74 Å². The van der Waals surface area contributed by atoms with E-state index < -0.39 is 42.6 Å². The van der Waals surface area contributed by atoms with Gasteiger partial charge in [0.1, 0.15) is 12.7 Å². The smallest absolute Gasteiger partial charge is 0.343 e. The zero-order valence-electron chi connectivity index (χ0n) is 19.3. The SMILES string of the molecule is CCC=CCC=CCC=CCC=CCC=CCCCC(=O)OC[C@H](O)[C@H]1OC(=O)C(O)C1=O. The maximum Gasteiger partial charge on any atom is 0.343 e. The molecule has 7 nitrogen and oxygen atoms in total. The molecule has 182 valence electrons. The molecule has 3 atom stereocenters. The Bertz CT molecular complexity index is 746. The van der Waals surface area contributed by atoms with Crippen LogP contribution in [0.1, 0.15) is 58.3 Å². The van der Waals surface area contributed by atoms with Crippen LogP contribution in [0.25, 0.3) is 0 Å². The molecule has 1 saturated heterocycles. The molecule has 1 rings (SSSR count). The number of esters is 2. The van der Waals surface area contributed by atoms with Gasteiger partial charge in [-0.1, -0.05) is 67.7 Å². The summed E-state index contributed by atoms with van der Waals surface area (Å²) >= 11 is 0. The van der Waals surface area contributed by atoms with Crippen LogP contribution in [0.4, 0.5) is 0 Å². The number of ketones is 1. The number of unbranched alkanes of at least 4 members (excludes halogenated alkanes) is 1. The molecule has 0 spiro atoms. The normalized spacial score (nSPS) is 20.2. The summed E-state index contributed by atoms with van der Waals surface area (Å²) in [5, 5.41) is 19.0. The third-order valence-corrected chi connectivity index (χ3v) is 4.69. The maximum absolute atomic E-state index is 11.7. The highest BCUT2D eigenvalue weighted by molar-refractivity contribution is 6.09. The first-order valence-electron chi connectivity index (χ1n) is 11.5. The van der Waals surface area contributed by atoms with Crippen LogP contribution in [0.2, 0.25) is 0 Å². The molecular formula is C26H36O7. The molecule has 0 aromatic rings. The number of carbonyl (C=O) groups is 3. The van der Waals surface area contributed by atoms with Crippen molar-refractivity contribution >= 4 is 17.7 Å². The zero-order chi connectivity index (χ0) is 24.3. The number of aliphatic hydroxyl groups is 2. The quantitative estimate of drug-likeness (QED) is 0.156. The fourth-order valence-electron chi connectivity index (χ4n) is 2.86. The summed E-state index contributed by atoms with van der Waals surface area (Å²) in [4.78, 5) is 34.3. The van der Waals surface area contributed by atoms with Gasteiger partial charge in [-0.2, -0.15) is 0 Å². The van der Waals surface area contributed by atoms with Crippen molar-refractivity contribution in [2.75, 3.05) is 6.61 Å². The lowest BCUT2D eigenvalue weighted by atomic mass is 10.1. The Morgan fingerprint density at radius 2 is 1.45 bits per heavy atom. The predicted octanol–water partition coefficient (Wildman–Crippen LogP) is 3.67. The average molecular weight is 461 g/mol. The van der Waals surface area contributed by atoms with E-state index in [0.29, 0.717) is 6.42 Å². The third kappa shape index (κ3) is 12.7. The summed E-state index contributed by atoms with van der Waals surface area (Å²) in [5.41, 5.74) is 0. The minimum atomic E-state index is -1.89. The topological polar surface area (TPSA) is 110 Å². The Labute approximate surface area is 196 Å². The van der Waals surface area contributed by atoms with Gasteiger partial charge in [0.05, 0.1) is 0 Å². The van der Waals surface area contributed by atoms with E-state index >= 15 is 0 Å². The average Bonchev–Trinajstić information content (AvgIpc) is 3.06. The van der Waals surface area contributed by atoms with Gasteiger partial charge in [0.2, 0.25) is 11.9 Å². The molecule has 33 heavy (non-hydrogen) atoms. The first-order chi connectivity index (χ1) is 16.0. The lowest BCUT2D eigenvalue weighted by Gasteiger charge is -2.15. The second-order valence-electron chi connectivity index (χ2n) is 7.51. The van der Waals surface area contributed by atoms with Gasteiger partial charge in [-0.25, -0.2) is 4.79 Å². The fraction of sp³-hybridized carbons (Fsp3) is 0.500. The largest absolute Gasteiger partial charge is 0.463 e. The van der Waals surface area contributed by atoms with Gasteiger partial charge in [-0.15, -0.1) is 0 Å². The summed E-state index contributed by atoms with van der Waals surface area (Å²) in [6, 6.07) is 0. The van der Waals surface area contributed by atoms with Crippen molar-refractivity contribution in [2.45, 2.75) is 76.6 Å². The van der Waals surface area contributed by atoms with Crippen LogP contribution in [0, 0.1) is 0 Å². The first kappa shape index (κ1) is 28.3. The minimum Gasteiger partial charge on any atom is -0.463 e. The molecule has 0 bridgehead atoms. The van der Waals surface area contributed by atoms with Gasteiger partial charge in [0.25, 0.3) is 0 Å². The predicted molar refractivity (Wildman–Crippen MR) is 126 cm³/mol. The van der Waals surface area contributed by atoms with Crippen LogP contribution >= 0.6 is 0 Å². The van der Waals surface area contributed by atoms with Gasteiger partial charge in [0, 0.05) is 6.42 Å². The van der Waals surface area contributed by atoms with Crippen molar-refractivity contribution < 1.29 is 34.1 Å². The summed E-state index contributed by atoms with van der Waals surface area (Å²) in [6.45, 7) is 1.65. The minimum absolute atomic E-state index is 0.169. The molecule has 7 heteroatoms. The van der Waals surface area contributed by atoms with Gasteiger partial charge in [-0.05, 0) is 44.9 Å². The number of hydrogen-bond donors (Lipinski definition) is 2. The zero-order valence-corrected chi connectivity index (χ0v) is 19.3. The Kier molecular flexibility index (Phi) is 15.2. The van der Waals surface area contributed by atoms with E-state index in [1.807, 2.05) is 12.2 Å². The molecule has 0 aliphatic carbocycles. The highest BCUT2D eigenvalue weighted by Gasteiger charge is 2.46. The van der Waals surface area contributed by atoms with Gasteiger partial charge in [0.15, 0.2) is 6.10 Å². The van der Waals surface area contributed by atoms with Crippen molar-refractivity contribution in [2.24, 2.45) is 0 Å². The standard InChI is InChI=1S/C26H36O7/c1-2-3-4-5-6-7-8-9-10-11-12-13-14-15-16-17-18-19-22(28)32-20-21(27)25-23(29)24(30)26(31)33-25/h3-4,6-7,9-10,12-13,15-16,21,24-25,27,30H,2,5,8,11,14,17-20H2,1H3/t21-,24?,25+/m0/s1. The summed E-state index contributed by atoms with van der Waals surface area (Å²) < 4.78 is 9.48. The number of aliphatic hydroxyl groups excluding tert-OH is 2. The highest BCUT2D eigenvalue weighted by Crippen LogP contribution is 2.15. The van der Waals surface area contributed by atoms with E-state index in [1.54, 1.807) is 0 Å². The van der Waals surface area contributed by atoms with E-state index in [0.717, 1.165) is 38.5 Å². The molecule has 2 N–H and O–H groups in total. The van der Waals surface area contributed by atoms with Crippen molar-refractivity contribution in [3.8, 4) is 0 Å². The lowest BCUT2D eigenvalue weighted by Crippen LogP contribution is -2.38. The number of rotatable bonds is 16. The second-order valence-corrected chi connectivity index (χ2v) is 7.51. The van der Waals surface area contributed by atoms with Gasteiger partial charge >= 0.3 is 11.9 Å². The molecule has 1 aliphatic heterocycles. The molecule has 0 saturated carbocycles. The third-order valence-electron chi connectivity index (χ3n) is 4.69. The summed E-state index contributed by atoms with van der Waals surface area (Å²) in [7, 11) is 0. The molecule has 0 amide bonds. The number of Topliss-reactive ketones (excluding diaryl/α,β-unsaturated/α-hetero) is 1. The van der Waals surface area contributed by atoms with Gasteiger partial charge in [-0.3, -0.25) is 9.59 Å². The maximum atomic E-state index is 11.7. The van der Waals surface area contributed by atoms with Crippen LogP contribution in [-0.4, -0.2) is 52.9 Å². The van der Waals surface area contributed by atoms with E-state index in [2.05, 4.69) is 60.3 Å². The van der Waals surface area contributed by atoms with Crippen LogP contribution in [0.3, 0.4) is 0 Å². The van der Waals surface area contributed by atoms with Crippen LogP contribution in [0.5, 0.6) is 0 Å². The number of ether oxygens (including phenoxy) is 2. The number of hydrogen-bond acceptors (Lipinski definition) is 7. The van der Waals surface area contributed by atoms with Crippen LogP contribution in [-0.2, 0) is 23.9 Å². The van der Waals surface area contributed by atoms with Crippen molar-refractivity contribution in [1.29, 1.82) is 0 Å². The van der Waals surface area contributed by atoms with E-state index in [9.17, 15) is 24.6 Å². The number of carbonyl (C=O) groups excluding carboxylic acids is 3. The van der Waals surface area contributed by atoms with Crippen LogP contribution in [0.15, 0.2) is 60.8 Å². The molecule has 1 unspecified atom stereocenters. The van der Waals surface area contributed by atoms with Crippen molar-refractivity contribution in [1.82, 2.24) is 0 Å². The van der Waals surface area contributed by atoms with Crippen molar-refractivity contribution in [3.05, 3.63) is 60.8 Å².